The van der Waals surface area contributed by atoms with E-state index in [-0.39, 0.29) is 18.2 Å². The molecule has 170 valence electrons. The van der Waals surface area contributed by atoms with E-state index in [1.54, 1.807) is 11.1 Å². The highest BCUT2D eigenvalue weighted by molar-refractivity contribution is 6.06. The molecule has 0 spiro atoms. The molecule has 0 saturated carbocycles. The van der Waals surface area contributed by atoms with E-state index in [1.807, 2.05) is 103 Å². The number of nitrogens with zero attached hydrogens (tertiary/aromatic N) is 2. The van der Waals surface area contributed by atoms with Crippen molar-refractivity contribution < 1.29 is 9.59 Å². The number of hydrogen-bond donors (Lipinski definition) is 1. The van der Waals surface area contributed by atoms with Crippen LogP contribution in [0, 0.1) is 0 Å². The second kappa shape index (κ2) is 11.6. The Labute approximate surface area is 200 Å². The third kappa shape index (κ3) is 6.39. The molecule has 0 unspecified atom stereocenters. The van der Waals surface area contributed by atoms with Crippen LogP contribution in [-0.4, -0.2) is 23.3 Å². The predicted octanol–water partition coefficient (Wildman–Crippen LogP) is 4.83. The number of hydrogen-bond acceptors (Lipinski definition) is 3. The smallest absolute Gasteiger partial charge is 0.258 e. The molecule has 1 N–H and O–H groups in total. The number of rotatable bonds is 9. The Morgan fingerprint density at radius 1 is 0.735 bits per heavy atom. The van der Waals surface area contributed by atoms with Gasteiger partial charge in [-0.05, 0) is 47.5 Å². The average Bonchev–Trinajstić information content (AvgIpc) is 2.89. The zero-order valence-electron chi connectivity index (χ0n) is 18.9. The van der Waals surface area contributed by atoms with Crippen molar-refractivity contribution in [3.8, 4) is 0 Å². The summed E-state index contributed by atoms with van der Waals surface area (Å²) in [5.41, 5.74) is 4.31. The summed E-state index contributed by atoms with van der Waals surface area (Å²) in [6.45, 7) is 1.01. The Kier molecular flexibility index (Phi) is 7.80. The van der Waals surface area contributed by atoms with Gasteiger partial charge in [0.25, 0.3) is 5.91 Å². The molecule has 0 fully saturated rings. The van der Waals surface area contributed by atoms with Crippen molar-refractivity contribution >= 4 is 17.5 Å². The first-order valence-electron chi connectivity index (χ1n) is 11.4. The number of pyridine rings is 1. The summed E-state index contributed by atoms with van der Waals surface area (Å²) < 4.78 is 0. The fraction of sp³-hybridized carbons (Fsp3) is 0.138. The largest absolute Gasteiger partial charge is 0.355 e. The van der Waals surface area contributed by atoms with E-state index in [0.29, 0.717) is 25.1 Å². The lowest BCUT2D eigenvalue weighted by atomic mass is 10.1. The molecule has 0 aliphatic heterocycles. The maximum atomic E-state index is 13.3. The molecule has 5 nitrogen and oxygen atoms in total. The van der Waals surface area contributed by atoms with Gasteiger partial charge in [-0.15, -0.1) is 0 Å². The van der Waals surface area contributed by atoms with Gasteiger partial charge in [-0.3, -0.25) is 14.6 Å². The van der Waals surface area contributed by atoms with Crippen LogP contribution in [0.4, 0.5) is 5.69 Å². The van der Waals surface area contributed by atoms with Gasteiger partial charge in [0.2, 0.25) is 5.91 Å². The number of amides is 2. The number of nitrogens with one attached hydrogen (secondary N) is 1. The van der Waals surface area contributed by atoms with Crippen LogP contribution >= 0.6 is 0 Å². The van der Waals surface area contributed by atoms with Crippen molar-refractivity contribution in [2.75, 3.05) is 11.4 Å². The normalized spacial score (nSPS) is 10.5. The molecule has 1 aromatic heterocycles. The summed E-state index contributed by atoms with van der Waals surface area (Å²) in [7, 11) is 0. The van der Waals surface area contributed by atoms with Crippen LogP contribution < -0.4 is 10.2 Å². The number of anilines is 1. The fourth-order valence-electron chi connectivity index (χ4n) is 3.70. The Morgan fingerprint density at radius 2 is 1.41 bits per heavy atom. The molecule has 4 rings (SSSR count). The van der Waals surface area contributed by atoms with Gasteiger partial charge in [0, 0.05) is 36.1 Å². The molecule has 0 atom stereocenters. The summed E-state index contributed by atoms with van der Waals surface area (Å²) in [5.74, 6) is -0.102. The highest BCUT2D eigenvalue weighted by Crippen LogP contribution is 2.21. The lowest BCUT2D eigenvalue weighted by Crippen LogP contribution is -2.30. The molecule has 0 saturated heterocycles. The average molecular weight is 450 g/mol. The van der Waals surface area contributed by atoms with Crippen LogP contribution in [0.5, 0.6) is 0 Å². The van der Waals surface area contributed by atoms with Crippen LogP contribution in [0.2, 0.25) is 0 Å². The zero-order valence-corrected chi connectivity index (χ0v) is 18.9. The summed E-state index contributed by atoms with van der Waals surface area (Å²) >= 11 is 0. The van der Waals surface area contributed by atoms with E-state index in [1.165, 1.54) is 0 Å². The molecule has 0 aliphatic carbocycles. The maximum absolute atomic E-state index is 13.3. The first kappa shape index (κ1) is 22.9. The molecular weight excluding hydrogens is 422 g/mol. The van der Waals surface area contributed by atoms with E-state index in [4.69, 9.17) is 0 Å². The van der Waals surface area contributed by atoms with Gasteiger partial charge in [0.15, 0.2) is 0 Å². The fourth-order valence-corrected chi connectivity index (χ4v) is 3.70. The van der Waals surface area contributed by atoms with Crippen molar-refractivity contribution in [2.45, 2.75) is 19.4 Å². The maximum Gasteiger partial charge on any atom is 0.258 e. The molecule has 0 aliphatic rings. The van der Waals surface area contributed by atoms with Crippen molar-refractivity contribution in [2.24, 2.45) is 0 Å². The van der Waals surface area contributed by atoms with E-state index >= 15 is 0 Å². The minimum atomic E-state index is -0.0653. The van der Waals surface area contributed by atoms with E-state index in [2.05, 4.69) is 10.3 Å². The van der Waals surface area contributed by atoms with Crippen molar-refractivity contribution in [3.63, 3.8) is 0 Å². The Morgan fingerprint density at radius 3 is 2.09 bits per heavy atom. The quantitative estimate of drug-likeness (QED) is 0.398. The van der Waals surface area contributed by atoms with Gasteiger partial charge >= 0.3 is 0 Å². The number of carbonyl (C=O) groups excluding carboxylic acids is 2. The SMILES string of the molecule is O=C(Cc1ccc(N(Cc2ccccc2)C(=O)c2ccccc2)cc1)NCCc1ccccn1. The monoisotopic (exact) mass is 449 g/mol. The first-order chi connectivity index (χ1) is 16.7. The van der Waals surface area contributed by atoms with E-state index in [0.717, 1.165) is 22.5 Å². The van der Waals surface area contributed by atoms with E-state index < -0.39 is 0 Å². The zero-order chi connectivity index (χ0) is 23.6. The van der Waals surface area contributed by atoms with Gasteiger partial charge in [-0.2, -0.15) is 0 Å². The van der Waals surface area contributed by atoms with Crippen LogP contribution in [0.15, 0.2) is 109 Å². The van der Waals surface area contributed by atoms with Crippen LogP contribution in [-0.2, 0) is 24.2 Å². The molecule has 2 amide bonds. The molecule has 0 radical (unpaired) electrons. The Bertz CT molecular complexity index is 1190. The van der Waals surface area contributed by atoms with Gasteiger partial charge in [-0.25, -0.2) is 0 Å². The highest BCUT2D eigenvalue weighted by Gasteiger charge is 2.18. The summed E-state index contributed by atoms with van der Waals surface area (Å²) in [6.07, 6.45) is 2.73. The second-order valence-electron chi connectivity index (χ2n) is 8.01. The lowest BCUT2D eigenvalue weighted by molar-refractivity contribution is -0.120. The summed E-state index contributed by atoms with van der Waals surface area (Å²) in [6, 6.07) is 32.6. The molecule has 3 aromatic carbocycles. The predicted molar refractivity (Wildman–Crippen MR) is 134 cm³/mol. The van der Waals surface area contributed by atoms with Crippen LogP contribution in [0.1, 0.15) is 27.2 Å². The second-order valence-corrected chi connectivity index (χ2v) is 8.01. The molecule has 5 heteroatoms. The summed E-state index contributed by atoms with van der Waals surface area (Å²) in [4.78, 5) is 31.7. The third-order valence-corrected chi connectivity index (χ3v) is 5.49. The van der Waals surface area contributed by atoms with Gasteiger partial charge in [-0.1, -0.05) is 66.7 Å². The van der Waals surface area contributed by atoms with E-state index in [9.17, 15) is 9.59 Å². The molecule has 1 heterocycles. The highest BCUT2D eigenvalue weighted by atomic mass is 16.2. The van der Waals surface area contributed by atoms with Gasteiger partial charge < -0.3 is 10.2 Å². The minimum absolute atomic E-state index is 0.0369. The van der Waals surface area contributed by atoms with Gasteiger partial charge in [0.1, 0.15) is 0 Å². The van der Waals surface area contributed by atoms with Crippen LogP contribution in [0.3, 0.4) is 0 Å². The molecule has 34 heavy (non-hydrogen) atoms. The van der Waals surface area contributed by atoms with Crippen molar-refractivity contribution in [1.29, 1.82) is 0 Å². The lowest BCUT2D eigenvalue weighted by Gasteiger charge is -2.23. The Hall–Kier alpha value is -4.25. The number of carbonyl (C=O) groups is 2. The third-order valence-electron chi connectivity index (χ3n) is 5.49. The molecular formula is C29H27N3O2. The van der Waals surface area contributed by atoms with Gasteiger partial charge in [0.05, 0.1) is 13.0 Å². The van der Waals surface area contributed by atoms with Crippen molar-refractivity contribution in [3.05, 3.63) is 132 Å². The summed E-state index contributed by atoms with van der Waals surface area (Å²) in [5, 5.41) is 2.95. The molecule has 0 bridgehead atoms. The Balaban J connectivity index is 1.42. The topological polar surface area (TPSA) is 62.3 Å². The number of aromatic nitrogens is 1. The minimum Gasteiger partial charge on any atom is -0.355 e. The van der Waals surface area contributed by atoms with Crippen molar-refractivity contribution in [1.82, 2.24) is 10.3 Å². The van der Waals surface area contributed by atoms with Crippen LogP contribution in [0.25, 0.3) is 0 Å². The number of benzene rings is 3. The standard InChI is InChI=1S/C29H27N3O2/c33-28(31-20-18-26-13-7-8-19-30-26)21-23-14-16-27(17-15-23)32(22-24-9-3-1-4-10-24)29(34)25-11-5-2-6-12-25/h1-17,19H,18,20-22H2,(H,31,33). The molecule has 4 aromatic rings. The first-order valence-corrected chi connectivity index (χ1v) is 11.4.